The largest absolute Gasteiger partial charge is 0.361 e. The third kappa shape index (κ3) is 2.05. The normalized spacial score (nSPS) is 11.5. The fourth-order valence-electron chi connectivity index (χ4n) is 1.91. The number of para-hydroxylation sites is 1. The Kier molecular flexibility index (Phi) is 2.78. The summed E-state index contributed by atoms with van der Waals surface area (Å²) in [5, 5.41) is 1.37. The molecular formula is C13H20N2. The first-order chi connectivity index (χ1) is 7.18. The van der Waals surface area contributed by atoms with Crippen molar-refractivity contribution in [3.05, 3.63) is 35.5 Å². The van der Waals surface area contributed by atoms with E-state index < -0.39 is 0 Å². The zero-order chi connectivity index (χ0) is 10.8. The lowest BCUT2D eigenvalue weighted by Gasteiger charge is -2.08. The quantitative estimate of drug-likeness (QED) is 0.814. The average molecular weight is 204 g/mol. The van der Waals surface area contributed by atoms with E-state index in [1.807, 2.05) is 0 Å². The summed E-state index contributed by atoms with van der Waals surface area (Å²) in [5.41, 5.74) is 4.03. The summed E-state index contributed by atoms with van der Waals surface area (Å²) in [6, 6.07) is 6.48. The van der Waals surface area contributed by atoms with Crippen molar-refractivity contribution in [2.75, 3.05) is 20.6 Å². The molecule has 2 aromatic rings. The molecule has 2 heteroatoms. The zero-order valence-electron chi connectivity index (χ0n) is 9.67. The first-order valence-corrected chi connectivity index (χ1v) is 5.39. The highest BCUT2D eigenvalue weighted by atomic mass is 15.0. The van der Waals surface area contributed by atoms with E-state index in [0.717, 1.165) is 13.0 Å². The molecule has 0 atom stereocenters. The smallest absolute Gasteiger partial charge is 0.0486 e. The van der Waals surface area contributed by atoms with Crippen LogP contribution in [-0.2, 0) is 6.42 Å². The highest BCUT2D eigenvalue weighted by Gasteiger charge is 2.04. The Hall–Kier alpha value is -1.28. The van der Waals surface area contributed by atoms with Gasteiger partial charge in [0.1, 0.15) is 0 Å². The first-order valence-electron chi connectivity index (χ1n) is 5.39. The summed E-state index contributed by atoms with van der Waals surface area (Å²) in [4.78, 5) is 5.58. The molecule has 0 unspecified atom stereocenters. The minimum absolute atomic E-state index is 0. The Morgan fingerprint density at radius 2 is 2.13 bits per heavy atom. The van der Waals surface area contributed by atoms with E-state index in [4.69, 9.17) is 0 Å². The number of fused-ring (bicyclic) bond motifs is 1. The molecule has 1 N–H and O–H groups in total. The monoisotopic (exact) mass is 204 g/mol. The maximum atomic E-state index is 3.36. The van der Waals surface area contributed by atoms with Crippen LogP contribution >= 0.6 is 0 Å². The lowest BCUT2D eigenvalue weighted by atomic mass is 10.1. The Morgan fingerprint density at radius 3 is 2.87 bits per heavy atom. The molecule has 2 rings (SSSR count). The number of aromatic nitrogens is 1. The SMILES string of the molecule is Cc1cccc2c(CCN(C)C)c[nH]c12.[HH]. The van der Waals surface area contributed by atoms with Gasteiger partial charge in [0.2, 0.25) is 0 Å². The molecule has 1 heterocycles. The van der Waals surface area contributed by atoms with Crippen molar-refractivity contribution in [1.82, 2.24) is 9.88 Å². The number of aryl methyl sites for hydroxylation is 1. The van der Waals surface area contributed by atoms with E-state index in [0.29, 0.717) is 0 Å². The van der Waals surface area contributed by atoms with Crippen LogP contribution < -0.4 is 0 Å². The second-order valence-corrected chi connectivity index (χ2v) is 4.36. The summed E-state index contributed by atoms with van der Waals surface area (Å²) in [5.74, 6) is 0. The molecule has 1 aromatic carbocycles. The van der Waals surface area contributed by atoms with Gasteiger partial charge >= 0.3 is 0 Å². The molecule has 15 heavy (non-hydrogen) atoms. The molecule has 0 spiro atoms. The molecule has 0 saturated carbocycles. The van der Waals surface area contributed by atoms with E-state index in [1.54, 1.807) is 0 Å². The topological polar surface area (TPSA) is 19.0 Å². The Bertz CT molecular complexity index is 460. The van der Waals surface area contributed by atoms with Crippen molar-refractivity contribution in [3.63, 3.8) is 0 Å². The molecule has 0 radical (unpaired) electrons. The molecule has 1 aromatic heterocycles. The summed E-state index contributed by atoms with van der Waals surface area (Å²) in [6.45, 7) is 3.25. The lowest BCUT2D eigenvalue weighted by molar-refractivity contribution is 0.414. The van der Waals surface area contributed by atoms with Crippen molar-refractivity contribution >= 4 is 10.9 Å². The van der Waals surface area contributed by atoms with Crippen molar-refractivity contribution in [2.24, 2.45) is 0 Å². The Balaban J connectivity index is 0.00000128. The molecule has 82 valence electrons. The van der Waals surface area contributed by atoms with Crippen molar-refractivity contribution < 1.29 is 1.43 Å². The van der Waals surface area contributed by atoms with E-state index >= 15 is 0 Å². The minimum Gasteiger partial charge on any atom is -0.361 e. The Morgan fingerprint density at radius 1 is 1.33 bits per heavy atom. The van der Waals surface area contributed by atoms with Gasteiger partial charge in [-0.3, -0.25) is 0 Å². The lowest BCUT2D eigenvalue weighted by Crippen LogP contribution is -2.14. The van der Waals surface area contributed by atoms with Crippen LogP contribution in [0.25, 0.3) is 10.9 Å². The van der Waals surface area contributed by atoms with Gasteiger partial charge < -0.3 is 9.88 Å². The van der Waals surface area contributed by atoms with E-state index in [1.165, 1.54) is 22.0 Å². The van der Waals surface area contributed by atoms with Gasteiger partial charge in [-0.2, -0.15) is 0 Å². The summed E-state index contributed by atoms with van der Waals surface area (Å²) >= 11 is 0. The van der Waals surface area contributed by atoms with Gasteiger partial charge in [-0.1, -0.05) is 18.2 Å². The molecule has 2 nitrogen and oxygen atoms in total. The summed E-state index contributed by atoms with van der Waals surface area (Å²) in [7, 11) is 4.22. The number of H-pyrrole nitrogens is 1. The van der Waals surface area contributed by atoms with Crippen LogP contribution in [0, 0.1) is 6.92 Å². The molecule has 0 bridgehead atoms. The van der Waals surface area contributed by atoms with Gasteiger partial charge in [-0.05, 0) is 38.6 Å². The van der Waals surface area contributed by atoms with Gasteiger partial charge in [-0.15, -0.1) is 0 Å². The number of rotatable bonds is 3. The molecular weight excluding hydrogens is 184 g/mol. The van der Waals surface area contributed by atoms with E-state index in [9.17, 15) is 0 Å². The Labute approximate surface area is 92.4 Å². The van der Waals surface area contributed by atoms with Crippen LogP contribution in [0.4, 0.5) is 0 Å². The molecule has 0 aliphatic heterocycles. The first kappa shape index (κ1) is 10.2. The van der Waals surface area contributed by atoms with Crippen molar-refractivity contribution in [2.45, 2.75) is 13.3 Å². The van der Waals surface area contributed by atoms with E-state index in [2.05, 4.69) is 55.3 Å². The second kappa shape index (κ2) is 4.07. The molecule has 0 fully saturated rings. The second-order valence-electron chi connectivity index (χ2n) is 4.36. The van der Waals surface area contributed by atoms with Crippen LogP contribution in [0.2, 0.25) is 0 Å². The molecule has 0 aliphatic carbocycles. The van der Waals surface area contributed by atoms with Crippen molar-refractivity contribution in [1.29, 1.82) is 0 Å². The number of benzene rings is 1. The number of likely N-dealkylation sites (N-methyl/N-ethyl adjacent to an activating group) is 1. The fourth-order valence-corrected chi connectivity index (χ4v) is 1.91. The highest BCUT2D eigenvalue weighted by Crippen LogP contribution is 2.21. The number of aromatic amines is 1. The predicted molar refractivity (Wildman–Crippen MR) is 67.4 cm³/mol. The number of hydrogen-bond acceptors (Lipinski definition) is 1. The van der Waals surface area contributed by atoms with Crippen LogP contribution in [0.1, 0.15) is 12.6 Å². The third-order valence-corrected chi connectivity index (χ3v) is 2.84. The van der Waals surface area contributed by atoms with Gasteiger partial charge in [0, 0.05) is 25.1 Å². The average Bonchev–Trinajstić information content (AvgIpc) is 2.59. The summed E-state index contributed by atoms with van der Waals surface area (Å²) < 4.78 is 0. The minimum atomic E-state index is 0. The van der Waals surface area contributed by atoms with Crippen LogP contribution in [0.3, 0.4) is 0 Å². The van der Waals surface area contributed by atoms with Gasteiger partial charge in [0.25, 0.3) is 0 Å². The molecule has 0 amide bonds. The van der Waals surface area contributed by atoms with Gasteiger partial charge in [0.15, 0.2) is 0 Å². The zero-order valence-corrected chi connectivity index (χ0v) is 9.67. The number of nitrogens with one attached hydrogen (secondary N) is 1. The van der Waals surface area contributed by atoms with Gasteiger partial charge in [0.05, 0.1) is 0 Å². The highest BCUT2D eigenvalue weighted by molar-refractivity contribution is 5.85. The van der Waals surface area contributed by atoms with Crippen LogP contribution in [0.15, 0.2) is 24.4 Å². The number of nitrogens with zero attached hydrogens (tertiary/aromatic N) is 1. The van der Waals surface area contributed by atoms with Crippen LogP contribution in [0.5, 0.6) is 0 Å². The summed E-state index contributed by atoms with van der Waals surface area (Å²) in [6.07, 6.45) is 3.25. The van der Waals surface area contributed by atoms with Crippen molar-refractivity contribution in [3.8, 4) is 0 Å². The number of hydrogen-bond donors (Lipinski definition) is 1. The predicted octanol–water partition coefficient (Wildman–Crippen LogP) is 2.83. The third-order valence-electron chi connectivity index (χ3n) is 2.84. The maximum Gasteiger partial charge on any atom is 0.0486 e. The maximum absolute atomic E-state index is 3.36. The fraction of sp³-hybridized carbons (Fsp3) is 0.385. The standard InChI is InChI=1S/C13H18N2.H2/c1-10-5-4-6-12-11(7-8-15(2)3)9-14-13(10)12;/h4-6,9,14H,7-8H2,1-3H3;1H. The molecule has 0 aliphatic rings. The van der Waals surface area contributed by atoms with Gasteiger partial charge in [-0.25, -0.2) is 0 Å². The molecule has 0 saturated heterocycles. The van der Waals surface area contributed by atoms with E-state index in [-0.39, 0.29) is 1.43 Å². The van der Waals surface area contributed by atoms with Crippen LogP contribution in [-0.4, -0.2) is 30.5 Å².